The largest absolute Gasteiger partial charge is 0.309 e. The van der Waals surface area contributed by atoms with Gasteiger partial charge in [0, 0.05) is 33.1 Å². The summed E-state index contributed by atoms with van der Waals surface area (Å²) in [5, 5.41) is 4.94. The standard InChI is InChI=1S/C53H38N2/c1-37-25-32-44(33-26-37)54(51-24-12-16-40-15-5-6-19-46(40)51)50-22-9-7-20-47(50)41-29-27-39(28-30-41)43-31-34-49-48-21-8-10-23-52(48)55(53(49)36-43)45-18-11-17-42(35-45)38-13-3-2-4-14-38/h2-36H,1H3. The van der Waals surface area contributed by atoms with Crippen LogP contribution in [0, 0.1) is 6.92 Å². The molecule has 10 aromatic rings. The van der Waals surface area contributed by atoms with E-state index in [1.807, 2.05) is 0 Å². The molecule has 260 valence electrons. The summed E-state index contributed by atoms with van der Waals surface area (Å²) in [5.41, 5.74) is 15.4. The van der Waals surface area contributed by atoms with Gasteiger partial charge in [0.15, 0.2) is 0 Å². The summed E-state index contributed by atoms with van der Waals surface area (Å²) in [5.74, 6) is 0. The Bertz CT molecular complexity index is 2970. The Hall–Kier alpha value is -7.16. The Kier molecular flexibility index (Phi) is 8.08. The summed E-state index contributed by atoms with van der Waals surface area (Å²) >= 11 is 0. The highest BCUT2D eigenvalue weighted by atomic mass is 15.1. The van der Waals surface area contributed by atoms with Crippen molar-refractivity contribution in [2.45, 2.75) is 6.92 Å². The average molecular weight is 703 g/mol. The molecule has 0 fully saturated rings. The van der Waals surface area contributed by atoms with Crippen molar-refractivity contribution >= 4 is 49.6 Å². The van der Waals surface area contributed by atoms with Crippen LogP contribution in [0.15, 0.2) is 212 Å². The third kappa shape index (κ3) is 5.85. The van der Waals surface area contributed by atoms with E-state index in [1.54, 1.807) is 0 Å². The number of rotatable bonds is 7. The maximum absolute atomic E-state index is 2.41. The fourth-order valence-electron chi connectivity index (χ4n) is 8.14. The van der Waals surface area contributed by atoms with Crippen LogP contribution in [0.4, 0.5) is 17.1 Å². The molecule has 0 radical (unpaired) electrons. The number of aromatic nitrogens is 1. The van der Waals surface area contributed by atoms with Gasteiger partial charge in [-0.25, -0.2) is 0 Å². The lowest BCUT2D eigenvalue weighted by Gasteiger charge is -2.29. The molecule has 0 N–H and O–H groups in total. The first-order valence-electron chi connectivity index (χ1n) is 18.9. The van der Waals surface area contributed by atoms with E-state index in [4.69, 9.17) is 0 Å². The maximum atomic E-state index is 2.41. The van der Waals surface area contributed by atoms with Gasteiger partial charge in [0.25, 0.3) is 0 Å². The molecule has 0 aliphatic carbocycles. The van der Waals surface area contributed by atoms with Crippen molar-refractivity contribution in [2.75, 3.05) is 4.90 Å². The fourth-order valence-corrected chi connectivity index (χ4v) is 8.14. The van der Waals surface area contributed by atoms with Crippen LogP contribution in [-0.4, -0.2) is 4.57 Å². The molecule has 0 unspecified atom stereocenters. The first-order valence-corrected chi connectivity index (χ1v) is 18.9. The smallest absolute Gasteiger partial charge is 0.0547 e. The second kappa shape index (κ2) is 13.7. The van der Waals surface area contributed by atoms with Crippen molar-refractivity contribution in [3.8, 4) is 39.1 Å². The lowest BCUT2D eigenvalue weighted by Crippen LogP contribution is -2.11. The van der Waals surface area contributed by atoms with Crippen molar-refractivity contribution < 1.29 is 0 Å². The average Bonchev–Trinajstić information content (AvgIpc) is 3.59. The van der Waals surface area contributed by atoms with E-state index in [1.165, 1.54) is 71.5 Å². The molecule has 0 aliphatic rings. The summed E-state index contributed by atoms with van der Waals surface area (Å²) in [4.78, 5) is 2.41. The Balaban J connectivity index is 1.07. The predicted molar refractivity (Wildman–Crippen MR) is 234 cm³/mol. The number of nitrogens with zero attached hydrogens (tertiary/aromatic N) is 2. The van der Waals surface area contributed by atoms with E-state index < -0.39 is 0 Å². The molecule has 1 heterocycles. The lowest BCUT2D eigenvalue weighted by molar-refractivity contribution is 1.18. The molecule has 55 heavy (non-hydrogen) atoms. The minimum Gasteiger partial charge on any atom is -0.309 e. The van der Waals surface area contributed by atoms with Gasteiger partial charge in [0.05, 0.1) is 22.4 Å². The van der Waals surface area contributed by atoms with Crippen molar-refractivity contribution in [1.29, 1.82) is 0 Å². The minimum atomic E-state index is 1.13. The van der Waals surface area contributed by atoms with Crippen molar-refractivity contribution in [3.63, 3.8) is 0 Å². The molecule has 0 bridgehead atoms. The number of hydrogen-bond acceptors (Lipinski definition) is 1. The normalized spacial score (nSPS) is 11.4. The van der Waals surface area contributed by atoms with Gasteiger partial charge in [0.1, 0.15) is 0 Å². The van der Waals surface area contributed by atoms with Crippen molar-refractivity contribution in [3.05, 3.63) is 218 Å². The lowest BCUT2D eigenvalue weighted by atomic mass is 9.97. The van der Waals surface area contributed by atoms with Crippen LogP contribution in [0.3, 0.4) is 0 Å². The van der Waals surface area contributed by atoms with Gasteiger partial charge in [-0.2, -0.15) is 0 Å². The zero-order valence-corrected chi connectivity index (χ0v) is 30.6. The number of fused-ring (bicyclic) bond motifs is 4. The molecule has 2 nitrogen and oxygen atoms in total. The SMILES string of the molecule is Cc1ccc(N(c2ccccc2-c2ccc(-c3ccc4c5ccccc5n(-c5cccc(-c6ccccc6)c5)c4c3)cc2)c2cccc3ccccc23)cc1. The number of para-hydroxylation sites is 2. The van der Waals surface area contributed by atoms with Crippen LogP contribution in [-0.2, 0) is 0 Å². The van der Waals surface area contributed by atoms with Gasteiger partial charge < -0.3 is 9.47 Å². The van der Waals surface area contributed by atoms with E-state index in [0.29, 0.717) is 0 Å². The number of hydrogen-bond donors (Lipinski definition) is 0. The summed E-state index contributed by atoms with van der Waals surface area (Å²) < 4.78 is 2.41. The van der Waals surface area contributed by atoms with Crippen LogP contribution < -0.4 is 4.90 Å². The zero-order chi connectivity index (χ0) is 36.7. The molecule has 0 saturated heterocycles. The first-order chi connectivity index (χ1) is 27.2. The summed E-state index contributed by atoms with van der Waals surface area (Å²) in [6.45, 7) is 2.14. The fraction of sp³-hybridized carbons (Fsp3) is 0.0189. The summed E-state index contributed by atoms with van der Waals surface area (Å²) in [7, 11) is 0. The Labute approximate surface area is 321 Å². The Morgan fingerprint density at radius 2 is 0.945 bits per heavy atom. The monoisotopic (exact) mass is 702 g/mol. The molecule has 0 aliphatic heterocycles. The van der Waals surface area contributed by atoms with Crippen LogP contribution >= 0.6 is 0 Å². The number of anilines is 3. The van der Waals surface area contributed by atoms with Gasteiger partial charge in [-0.3, -0.25) is 0 Å². The van der Waals surface area contributed by atoms with Crippen LogP contribution in [0.2, 0.25) is 0 Å². The van der Waals surface area contributed by atoms with E-state index in [9.17, 15) is 0 Å². The zero-order valence-electron chi connectivity index (χ0n) is 30.6. The van der Waals surface area contributed by atoms with E-state index in [2.05, 4.69) is 229 Å². The summed E-state index contributed by atoms with van der Waals surface area (Å²) in [6, 6.07) is 77.1. The van der Waals surface area contributed by atoms with Gasteiger partial charge in [-0.1, -0.05) is 169 Å². The molecular weight excluding hydrogens is 665 g/mol. The van der Waals surface area contributed by atoms with Crippen LogP contribution in [0.5, 0.6) is 0 Å². The number of benzene rings is 9. The van der Waals surface area contributed by atoms with Crippen LogP contribution in [0.1, 0.15) is 5.56 Å². The first kappa shape index (κ1) is 32.5. The predicted octanol–water partition coefficient (Wildman–Crippen LogP) is 14.7. The molecule has 0 spiro atoms. The highest BCUT2D eigenvalue weighted by Gasteiger charge is 2.19. The van der Waals surface area contributed by atoms with E-state index >= 15 is 0 Å². The highest BCUT2D eigenvalue weighted by molar-refractivity contribution is 6.10. The van der Waals surface area contributed by atoms with Gasteiger partial charge in [-0.15, -0.1) is 0 Å². The molecule has 0 atom stereocenters. The molecule has 0 amide bonds. The molecular formula is C53H38N2. The second-order valence-corrected chi connectivity index (χ2v) is 14.3. The molecule has 10 rings (SSSR count). The second-order valence-electron chi connectivity index (χ2n) is 14.3. The van der Waals surface area contributed by atoms with Crippen molar-refractivity contribution in [2.24, 2.45) is 0 Å². The number of aryl methyl sites for hydroxylation is 1. The molecule has 0 saturated carbocycles. The molecule has 2 heteroatoms. The molecule has 9 aromatic carbocycles. The topological polar surface area (TPSA) is 8.17 Å². The highest BCUT2D eigenvalue weighted by Crippen LogP contribution is 2.44. The maximum Gasteiger partial charge on any atom is 0.0547 e. The van der Waals surface area contributed by atoms with Gasteiger partial charge in [0.2, 0.25) is 0 Å². The quantitative estimate of drug-likeness (QED) is 0.160. The third-order valence-corrected chi connectivity index (χ3v) is 10.9. The van der Waals surface area contributed by atoms with Crippen molar-refractivity contribution in [1.82, 2.24) is 4.57 Å². The summed E-state index contributed by atoms with van der Waals surface area (Å²) in [6.07, 6.45) is 0. The Morgan fingerprint density at radius 1 is 0.364 bits per heavy atom. The third-order valence-electron chi connectivity index (χ3n) is 10.9. The van der Waals surface area contributed by atoms with E-state index in [0.717, 1.165) is 22.7 Å². The Morgan fingerprint density at radius 3 is 1.80 bits per heavy atom. The van der Waals surface area contributed by atoms with Gasteiger partial charge >= 0.3 is 0 Å². The minimum absolute atomic E-state index is 1.13. The van der Waals surface area contributed by atoms with Crippen LogP contribution in [0.25, 0.3) is 71.6 Å². The molecule has 1 aromatic heterocycles. The van der Waals surface area contributed by atoms with E-state index in [-0.39, 0.29) is 0 Å². The van der Waals surface area contributed by atoms with Gasteiger partial charge in [-0.05, 0) is 88.7 Å².